The molecule has 1 aliphatic rings. The van der Waals surface area contributed by atoms with Gasteiger partial charge in [0.25, 0.3) is 0 Å². The average Bonchev–Trinajstić information content (AvgIpc) is 2.51. The molecule has 0 radical (unpaired) electrons. The zero-order valence-corrected chi connectivity index (χ0v) is 9.64. The van der Waals surface area contributed by atoms with Crippen molar-refractivity contribution < 1.29 is 14.4 Å². The van der Waals surface area contributed by atoms with Gasteiger partial charge < -0.3 is 9.47 Å². The Kier molecular flexibility index (Phi) is 3.49. The van der Waals surface area contributed by atoms with E-state index in [4.69, 9.17) is 21.1 Å². The molecule has 0 fully saturated rings. The van der Waals surface area contributed by atoms with E-state index in [1.165, 1.54) is 6.08 Å². The number of halogens is 1. The summed E-state index contributed by atoms with van der Waals surface area (Å²) < 4.78 is 10.9. The van der Waals surface area contributed by atoms with Crippen LogP contribution in [0.3, 0.4) is 0 Å². The first-order chi connectivity index (χ1) is 8.16. The van der Waals surface area contributed by atoms with E-state index in [0.29, 0.717) is 35.3 Å². The van der Waals surface area contributed by atoms with Crippen LogP contribution >= 0.6 is 11.6 Å². The second kappa shape index (κ2) is 5.05. The number of rotatable bonds is 2. The molecule has 0 saturated carbocycles. The molecular formula is C11H10ClNO4. The van der Waals surface area contributed by atoms with E-state index in [1.807, 2.05) is 0 Å². The molecule has 1 aromatic carbocycles. The highest BCUT2D eigenvalue weighted by molar-refractivity contribution is 6.32. The molecule has 1 aromatic rings. The summed E-state index contributed by atoms with van der Waals surface area (Å²) in [6.45, 7) is 1.10. The minimum Gasteiger partial charge on any atom is -0.489 e. The van der Waals surface area contributed by atoms with Gasteiger partial charge in [-0.1, -0.05) is 11.6 Å². The average molecular weight is 256 g/mol. The lowest BCUT2D eigenvalue weighted by Gasteiger charge is -2.09. The van der Waals surface area contributed by atoms with Crippen molar-refractivity contribution in [3.8, 4) is 11.5 Å². The van der Waals surface area contributed by atoms with Crippen LogP contribution in [-0.4, -0.2) is 18.1 Å². The number of hydrogen-bond donors (Lipinski definition) is 0. The summed E-state index contributed by atoms with van der Waals surface area (Å²) in [6.07, 6.45) is 3.00. The van der Waals surface area contributed by atoms with Crippen LogP contribution in [0.2, 0.25) is 5.02 Å². The SMILES string of the molecule is O=[N+]([O-])/C=C/c1cc(Cl)c2c(c1)OCCCO2. The van der Waals surface area contributed by atoms with Crippen molar-refractivity contribution in [3.05, 3.63) is 39.0 Å². The standard InChI is InChI=1S/C11H10ClNO4/c12-9-6-8(2-3-13(14)15)7-10-11(9)17-5-1-4-16-10/h2-3,6-7H,1,4-5H2/b3-2+. The van der Waals surface area contributed by atoms with E-state index >= 15 is 0 Å². The van der Waals surface area contributed by atoms with Crippen LogP contribution in [0.5, 0.6) is 11.5 Å². The summed E-state index contributed by atoms with van der Waals surface area (Å²) in [4.78, 5) is 9.70. The lowest BCUT2D eigenvalue weighted by Crippen LogP contribution is -1.97. The maximum Gasteiger partial charge on any atom is 0.235 e. The lowest BCUT2D eigenvalue weighted by atomic mass is 10.2. The third-order valence-corrected chi connectivity index (χ3v) is 2.49. The third-order valence-electron chi connectivity index (χ3n) is 2.21. The summed E-state index contributed by atoms with van der Waals surface area (Å²) in [5, 5.41) is 10.6. The van der Waals surface area contributed by atoms with Gasteiger partial charge in [-0.05, 0) is 17.7 Å². The second-order valence-electron chi connectivity index (χ2n) is 3.48. The molecule has 0 amide bonds. The van der Waals surface area contributed by atoms with E-state index in [1.54, 1.807) is 12.1 Å². The van der Waals surface area contributed by atoms with Crippen molar-refractivity contribution in [2.75, 3.05) is 13.2 Å². The van der Waals surface area contributed by atoms with Gasteiger partial charge >= 0.3 is 0 Å². The molecular weight excluding hydrogens is 246 g/mol. The van der Waals surface area contributed by atoms with Crippen LogP contribution in [0.4, 0.5) is 0 Å². The predicted molar refractivity (Wildman–Crippen MR) is 63.1 cm³/mol. The predicted octanol–water partition coefficient (Wildman–Crippen LogP) is 2.75. The Hall–Kier alpha value is -1.75. The van der Waals surface area contributed by atoms with Crippen molar-refractivity contribution in [2.24, 2.45) is 0 Å². The van der Waals surface area contributed by atoms with Gasteiger partial charge in [-0.3, -0.25) is 10.1 Å². The van der Waals surface area contributed by atoms with E-state index in [2.05, 4.69) is 0 Å². The van der Waals surface area contributed by atoms with Crippen molar-refractivity contribution in [1.82, 2.24) is 0 Å². The number of fused-ring (bicyclic) bond motifs is 1. The fraction of sp³-hybridized carbons (Fsp3) is 0.273. The number of hydrogen-bond acceptors (Lipinski definition) is 4. The number of nitrogens with zero attached hydrogens (tertiary/aromatic N) is 1. The lowest BCUT2D eigenvalue weighted by molar-refractivity contribution is -0.400. The van der Waals surface area contributed by atoms with Gasteiger partial charge in [-0.2, -0.15) is 0 Å². The van der Waals surface area contributed by atoms with Gasteiger partial charge in [-0.15, -0.1) is 0 Å². The summed E-state index contributed by atoms with van der Waals surface area (Å²) in [5.74, 6) is 1.03. The molecule has 1 heterocycles. The Bertz CT molecular complexity index is 473. The zero-order valence-electron chi connectivity index (χ0n) is 8.89. The Morgan fingerprint density at radius 3 is 2.88 bits per heavy atom. The molecule has 0 saturated heterocycles. The quantitative estimate of drug-likeness (QED) is 0.602. The van der Waals surface area contributed by atoms with Crippen LogP contribution in [0, 0.1) is 10.1 Å². The minimum absolute atomic E-state index is 0.396. The van der Waals surface area contributed by atoms with E-state index < -0.39 is 4.92 Å². The van der Waals surface area contributed by atoms with Crippen LogP contribution in [-0.2, 0) is 0 Å². The van der Waals surface area contributed by atoms with Gasteiger partial charge in [0.2, 0.25) is 6.20 Å². The molecule has 0 atom stereocenters. The third kappa shape index (κ3) is 2.88. The van der Waals surface area contributed by atoms with Crippen LogP contribution in [0.15, 0.2) is 18.3 Å². The Balaban J connectivity index is 2.35. The van der Waals surface area contributed by atoms with Crippen molar-refractivity contribution in [1.29, 1.82) is 0 Å². The molecule has 0 spiro atoms. The highest BCUT2D eigenvalue weighted by Gasteiger charge is 2.14. The summed E-state index contributed by atoms with van der Waals surface area (Å²) in [6, 6.07) is 3.28. The van der Waals surface area contributed by atoms with Crippen LogP contribution < -0.4 is 9.47 Å². The number of ether oxygens (including phenoxy) is 2. The fourth-order valence-electron chi connectivity index (χ4n) is 1.49. The molecule has 0 aromatic heterocycles. The molecule has 90 valence electrons. The molecule has 0 aliphatic carbocycles. The van der Waals surface area contributed by atoms with Gasteiger partial charge in [0, 0.05) is 12.5 Å². The Morgan fingerprint density at radius 2 is 2.12 bits per heavy atom. The van der Waals surface area contributed by atoms with Gasteiger partial charge in [0.05, 0.1) is 23.2 Å². The molecule has 5 nitrogen and oxygen atoms in total. The maximum atomic E-state index is 10.2. The van der Waals surface area contributed by atoms with Crippen LogP contribution in [0.25, 0.3) is 6.08 Å². The largest absolute Gasteiger partial charge is 0.489 e. The van der Waals surface area contributed by atoms with E-state index in [0.717, 1.165) is 12.6 Å². The molecule has 2 rings (SSSR count). The van der Waals surface area contributed by atoms with Crippen molar-refractivity contribution in [3.63, 3.8) is 0 Å². The zero-order chi connectivity index (χ0) is 12.3. The van der Waals surface area contributed by atoms with E-state index in [-0.39, 0.29) is 0 Å². The first kappa shape index (κ1) is 11.7. The van der Waals surface area contributed by atoms with Gasteiger partial charge in [0.1, 0.15) is 0 Å². The first-order valence-corrected chi connectivity index (χ1v) is 5.45. The smallest absolute Gasteiger partial charge is 0.235 e. The summed E-state index contributed by atoms with van der Waals surface area (Å²) in [5.41, 5.74) is 0.607. The molecule has 1 aliphatic heterocycles. The summed E-state index contributed by atoms with van der Waals surface area (Å²) in [7, 11) is 0. The molecule has 6 heteroatoms. The van der Waals surface area contributed by atoms with Crippen LogP contribution in [0.1, 0.15) is 12.0 Å². The van der Waals surface area contributed by atoms with Gasteiger partial charge in [0.15, 0.2) is 11.5 Å². The summed E-state index contributed by atoms with van der Waals surface area (Å²) >= 11 is 6.03. The number of nitro groups is 1. The van der Waals surface area contributed by atoms with Crippen molar-refractivity contribution in [2.45, 2.75) is 6.42 Å². The normalized spacial score (nSPS) is 14.6. The fourth-order valence-corrected chi connectivity index (χ4v) is 1.77. The van der Waals surface area contributed by atoms with Gasteiger partial charge in [-0.25, -0.2) is 0 Å². The van der Waals surface area contributed by atoms with Crippen molar-refractivity contribution >= 4 is 17.7 Å². The number of benzene rings is 1. The maximum absolute atomic E-state index is 10.2. The first-order valence-electron chi connectivity index (χ1n) is 5.07. The minimum atomic E-state index is -0.531. The Morgan fingerprint density at radius 1 is 1.35 bits per heavy atom. The Labute approximate surface area is 103 Å². The molecule has 0 bridgehead atoms. The molecule has 0 N–H and O–H groups in total. The highest BCUT2D eigenvalue weighted by Crippen LogP contribution is 2.38. The highest BCUT2D eigenvalue weighted by atomic mass is 35.5. The monoisotopic (exact) mass is 255 g/mol. The molecule has 0 unspecified atom stereocenters. The topological polar surface area (TPSA) is 61.6 Å². The second-order valence-corrected chi connectivity index (χ2v) is 3.89. The van der Waals surface area contributed by atoms with E-state index in [9.17, 15) is 10.1 Å². The molecule has 17 heavy (non-hydrogen) atoms.